The highest BCUT2D eigenvalue weighted by atomic mass is 14.6. The Bertz CT molecular complexity index is 529. The average molecular weight is 253 g/mol. The van der Waals surface area contributed by atoms with Gasteiger partial charge >= 0.3 is 0 Å². The second-order valence-corrected chi connectivity index (χ2v) is 5.29. The summed E-state index contributed by atoms with van der Waals surface area (Å²) in [6.45, 7) is 8.32. The highest BCUT2D eigenvalue weighted by Gasteiger charge is 2.11. The third-order valence-electron chi connectivity index (χ3n) is 3.78. The Kier molecular flexibility index (Phi) is 4.26. The number of hydrogen-bond acceptors (Lipinski definition) is 1. The van der Waals surface area contributed by atoms with Crippen molar-refractivity contribution in [3.63, 3.8) is 0 Å². The van der Waals surface area contributed by atoms with Crippen molar-refractivity contribution in [2.45, 2.75) is 39.5 Å². The van der Waals surface area contributed by atoms with Gasteiger partial charge in [-0.3, -0.25) is 0 Å². The Hall–Kier alpha value is -1.76. The molecule has 2 N–H and O–H groups in total. The molecular formula is C18H23N. The minimum absolute atomic E-state index is 0.970. The molecule has 0 amide bonds. The topological polar surface area (TPSA) is 26.0 Å². The second-order valence-electron chi connectivity index (χ2n) is 5.29. The van der Waals surface area contributed by atoms with Crippen LogP contribution >= 0.6 is 0 Å². The van der Waals surface area contributed by atoms with E-state index in [0.717, 1.165) is 37.0 Å². The zero-order valence-electron chi connectivity index (χ0n) is 12.0. The molecule has 0 aromatic heterocycles. The summed E-state index contributed by atoms with van der Waals surface area (Å²) in [4.78, 5) is 0. The fourth-order valence-corrected chi connectivity index (χ4v) is 2.47. The van der Waals surface area contributed by atoms with Crippen LogP contribution in [-0.4, -0.2) is 0 Å². The Balaban J connectivity index is 2.42. The van der Waals surface area contributed by atoms with Crippen molar-refractivity contribution in [2.75, 3.05) is 0 Å². The van der Waals surface area contributed by atoms with E-state index in [1.54, 1.807) is 0 Å². The lowest BCUT2D eigenvalue weighted by atomic mass is 9.98. The first-order valence-electron chi connectivity index (χ1n) is 7.06. The predicted molar refractivity (Wildman–Crippen MR) is 83.7 cm³/mol. The molecule has 2 rings (SSSR count). The molecule has 0 heterocycles. The number of hydrogen-bond donors (Lipinski definition) is 1. The van der Waals surface area contributed by atoms with Crippen LogP contribution in [0.4, 0.5) is 0 Å². The molecular weight excluding hydrogens is 230 g/mol. The molecule has 1 aromatic rings. The molecule has 1 aliphatic carbocycles. The van der Waals surface area contributed by atoms with E-state index in [1.807, 2.05) is 0 Å². The number of rotatable bonds is 3. The molecule has 0 radical (unpaired) electrons. The molecule has 0 unspecified atom stereocenters. The highest BCUT2D eigenvalue weighted by molar-refractivity contribution is 5.78. The number of allylic oxidation sites excluding steroid dienone is 5. The first kappa shape index (κ1) is 13.7. The third-order valence-corrected chi connectivity index (χ3v) is 3.78. The largest absolute Gasteiger partial charge is 0.402 e. The normalized spacial score (nSPS) is 16.0. The summed E-state index contributed by atoms with van der Waals surface area (Å²) in [6, 6.07) is 8.74. The zero-order chi connectivity index (χ0) is 13.8. The van der Waals surface area contributed by atoms with Gasteiger partial charge in [0, 0.05) is 11.3 Å². The SMILES string of the molecule is C=C(C)C1=CC(c2ccc(CC)cc2)=C(N)CCC1. The van der Waals surface area contributed by atoms with Crippen LogP contribution in [0.25, 0.3) is 5.57 Å². The van der Waals surface area contributed by atoms with Gasteiger partial charge in [0.1, 0.15) is 0 Å². The number of aryl methyl sites for hydroxylation is 1. The minimum atomic E-state index is 0.970. The third kappa shape index (κ3) is 3.17. The van der Waals surface area contributed by atoms with Crippen molar-refractivity contribution < 1.29 is 0 Å². The van der Waals surface area contributed by atoms with Gasteiger partial charge in [-0.2, -0.15) is 0 Å². The van der Waals surface area contributed by atoms with Gasteiger partial charge < -0.3 is 5.73 Å². The van der Waals surface area contributed by atoms with E-state index >= 15 is 0 Å². The summed E-state index contributed by atoms with van der Waals surface area (Å²) in [6.07, 6.45) is 6.46. The van der Waals surface area contributed by atoms with E-state index in [-0.39, 0.29) is 0 Å². The fraction of sp³-hybridized carbons (Fsp3) is 0.333. The molecule has 0 saturated carbocycles. The Morgan fingerprint density at radius 3 is 2.47 bits per heavy atom. The first-order chi connectivity index (χ1) is 9.11. The summed E-state index contributed by atoms with van der Waals surface area (Å²) in [5.74, 6) is 0. The van der Waals surface area contributed by atoms with Gasteiger partial charge in [0.2, 0.25) is 0 Å². The highest BCUT2D eigenvalue weighted by Crippen LogP contribution is 2.30. The van der Waals surface area contributed by atoms with Gasteiger partial charge in [-0.25, -0.2) is 0 Å². The zero-order valence-corrected chi connectivity index (χ0v) is 12.0. The monoisotopic (exact) mass is 253 g/mol. The van der Waals surface area contributed by atoms with Crippen LogP contribution in [0.15, 0.2) is 53.8 Å². The summed E-state index contributed by atoms with van der Waals surface area (Å²) >= 11 is 0. The van der Waals surface area contributed by atoms with Crippen LogP contribution in [0.5, 0.6) is 0 Å². The van der Waals surface area contributed by atoms with Crippen molar-refractivity contribution in [1.29, 1.82) is 0 Å². The van der Waals surface area contributed by atoms with Crippen molar-refractivity contribution in [1.82, 2.24) is 0 Å². The Morgan fingerprint density at radius 1 is 1.21 bits per heavy atom. The first-order valence-corrected chi connectivity index (χ1v) is 7.06. The lowest BCUT2D eigenvalue weighted by Crippen LogP contribution is -2.00. The molecule has 1 heteroatoms. The standard InChI is InChI=1S/C18H23N/c1-4-14-8-10-15(11-9-14)17-12-16(13(2)3)6-5-7-18(17)19/h8-12H,2,4-7,19H2,1,3H3. The molecule has 0 atom stereocenters. The molecule has 0 fully saturated rings. The van der Waals surface area contributed by atoms with E-state index in [4.69, 9.17) is 5.73 Å². The van der Waals surface area contributed by atoms with Crippen LogP contribution in [0.2, 0.25) is 0 Å². The van der Waals surface area contributed by atoms with Crippen molar-refractivity contribution in [3.8, 4) is 0 Å². The smallest absolute Gasteiger partial charge is 0.0160 e. The quantitative estimate of drug-likeness (QED) is 0.836. The lowest BCUT2D eigenvalue weighted by Gasteiger charge is -2.09. The van der Waals surface area contributed by atoms with Gasteiger partial charge in [0.05, 0.1) is 0 Å². The van der Waals surface area contributed by atoms with Crippen LogP contribution in [-0.2, 0) is 6.42 Å². The van der Waals surface area contributed by atoms with Gasteiger partial charge in [0.25, 0.3) is 0 Å². The van der Waals surface area contributed by atoms with Crippen LogP contribution in [0, 0.1) is 0 Å². The number of benzene rings is 1. The maximum atomic E-state index is 6.25. The molecule has 1 aromatic carbocycles. The van der Waals surface area contributed by atoms with Crippen LogP contribution in [0.1, 0.15) is 44.2 Å². The average Bonchev–Trinajstić information content (AvgIpc) is 2.61. The maximum Gasteiger partial charge on any atom is 0.0160 e. The molecule has 0 aliphatic heterocycles. The molecule has 1 nitrogen and oxygen atoms in total. The Morgan fingerprint density at radius 2 is 1.89 bits per heavy atom. The maximum absolute atomic E-state index is 6.25. The van der Waals surface area contributed by atoms with Crippen LogP contribution in [0.3, 0.4) is 0 Å². The van der Waals surface area contributed by atoms with Gasteiger partial charge in [-0.1, -0.05) is 43.3 Å². The molecule has 19 heavy (non-hydrogen) atoms. The number of nitrogens with two attached hydrogens (primary N) is 1. The van der Waals surface area contributed by atoms with Crippen molar-refractivity contribution >= 4 is 5.57 Å². The molecule has 0 spiro atoms. The minimum Gasteiger partial charge on any atom is -0.402 e. The van der Waals surface area contributed by atoms with Crippen molar-refractivity contribution in [3.05, 3.63) is 64.9 Å². The van der Waals surface area contributed by atoms with E-state index in [2.05, 4.69) is 50.8 Å². The molecule has 100 valence electrons. The molecule has 1 aliphatic rings. The van der Waals surface area contributed by atoms with E-state index in [9.17, 15) is 0 Å². The predicted octanol–water partition coefficient (Wildman–Crippen LogP) is 4.61. The van der Waals surface area contributed by atoms with E-state index < -0.39 is 0 Å². The summed E-state index contributed by atoms with van der Waals surface area (Å²) in [5, 5.41) is 0. The fourth-order valence-electron chi connectivity index (χ4n) is 2.47. The van der Waals surface area contributed by atoms with Crippen molar-refractivity contribution in [2.24, 2.45) is 5.73 Å². The molecule has 0 saturated heterocycles. The summed E-state index contributed by atoms with van der Waals surface area (Å²) < 4.78 is 0. The van der Waals surface area contributed by atoms with Gasteiger partial charge in [0.15, 0.2) is 0 Å². The van der Waals surface area contributed by atoms with Crippen LogP contribution < -0.4 is 5.73 Å². The lowest BCUT2D eigenvalue weighted by molar-refractivity contribution is 0.812. The molecule has 0 bridgehead atoms. The van der Waals surface area contributed by atoms with E-state index in [1.165, 1.54) is 22.3 Å². The second kappa shape index (κ2) is 5.92. The van der Waals surface area contributed by atoms with E-state index in [0.29, 0.717) is 0 Å². The van der Waals surface area contributed by atoms with Gasteiger partial charge in [-0.05, 0) is 55.4 Å². The summed E-state index contributed by atoms with van der Waals surface area (Å²) in [5.41, 5.74) is 13.5. The Labute approximate surface area is 116 Å². The van der Waals surface area contributed by atoms with Gasteiger partial charge in [-0.15, -0.1) is 0 Å². The summed E-state index contributed by atoms with van der Waals surface area (Å²) in [7, 11) is 0.